The minimum atomic E-state index is -0.236. The van der Waals surface area contributed by atoms with Crippen molar-refractivity contribution in [1.29, 1.82) is 0 Å². The minimum absolute atomic E-state index is 0.112. The van der Waals surface area contributed by atoms with E-state index in [1.54, 1.807) is 0 Å². The van der Waals surface area contributed by atoms with E-state index in [1.165, 1.54) is 39.9 Å². The average Bonchev–Trinajstić information content (AvgIpc) is 3.03. The van der Waals surface area contributed by atoms with Gasteiger partial charge in [-0.05, 0) is 90.4 Å². The number of unbranched alkanes of at least 4 members (excludes halogenated alkanes) is 12. The molecule has 0 aliphatic carbocycles. The zero-order chi connectivity index (χ0) is 33.5. The standard InChI is InChI=1S/C19H39N3O2.C8H14O4.C6H16N2/c20-15-9-3-1-2-6-12-18(23)13-7-8-14-19(24)22-17-11-5-4-10-16-21;1-11-7(9)5-3-4-6-8(10)12-2;7-5-3-1-2-4-6-8/h1-17,20-21H2,(H,22,24);3-6H2,1-2H3;1-8H2. The van der Waals surface area contributed by atoms with Crippen LogP contribution in [-0.4, -0.2) is 70.6 Å². The van der Waals surface area contributed by atoms with E-state index in [2.05, 4.69) is 14.8 Å². The topological polar surface area (TPSA) is 203 Å². The summed E-state index contributed by atoms with van der Waals surface area (Å²) in [5.41, 5.74) is 21.4. The molecule has 0 aromatic heterocycles. The van der Waals surface area contributed by atoms with Crippen LogP contribution < -0.4 is 28.3 Å². The Balaban J connectivity index is -0.000000692. The summed E-state index contributed by atoms with van der Waals surface area (Å²) in [6.07, 6.45) is 20.3. The van der Waals surface area contributed by atoms with E-state index < -0.39 is 0 Å². The van der Waals surface area contributed by atoms with Crippen molar-refractivity contribution in [3.63, 3.8) is 0 Å². The first-order valence-corrected chi connectivity index (χ1v) is 17.0. The molecule has 11 heteroatoms. The number of nitrogens with two attached hydrogens (primary N) is 4. The molecule has 0 spiro atoms. The minimum Gasteiger partial charge on any atom is -0.469 e. The molecule has 11 nitrogen and oxygen atoms in total. The van der Waals surface area contributed by atoms with Crippen molar-refractivity contribution in [3.8, 4) is 0 Å². The van der Waals surface area contributed by atoms with Crippen LogP contribution in [0, 0.1) is 0 Å². The summed E-state index contributed by atoms with van der Waals surface area (Å²) in [5, 5.41) is 2.94. The second-order valence-electron chi connectivity index (χ2n) is 11.0. The van der Waals surface area contributed by atoms with E-state index in [0.29, 0.717) is 50.7 Å². The number of esters is 2. The molecule has 0 aliphatic heterocycles. The molecule has 0 rings (SSSR count). The van der Waals surface area contributed by atoms with Crippen LogP contribution in [0.15, 0.2) is 0 Å². The van der Waals surface area contributed by atoms with Gasteiger partial charge in [-0.2, -0.15) is 0 Å². The molecule has 0 bridgehead atoms. The van der Waals surface area contributed by atoms with Crippen LogP contribution in [0.5, 0.6) is 0 Å². The predicted molar refractivity (Wildman–Crippen MR) is 180 cm³/mol. The SMILES string of the molecule is COC(=O)CCCCC(=O)OC.NCCCCCCCC(=O)CCCCC(=O)NCCCCCCN.NCCCCCCN. The molecule has 0 saturated heterocycles. The highest BCUT2D eigenvalue weighted by Gasteiger charge is 2.05. The van der Waals surface area contributed by atoms with Crippen LogP contribution in [0.4, 0.5) is 0 Å². The van der Waals surface area contributed by atoms with Crippen LogP contribution in [-0.2, 0) is 28.7 Å². The fraction of sp³-hybridized carbons (Fsp3) is 0.879. The highest BCUT2D eigenvalue weighted by atomic mass is 16.5. The van der Waals surface area contributed by atoms with Gasteiger partial charge in [-0.1, -0.05) is 44.9 Å². The van der Waals surface area contributed by atoms with Gasteiger partial charge in [0.15, 0.2) is 0 Å². The van der Waals surface area contributed by atoms with Gasteiger partial charge in [-0.15, -0.1) is 0 Å². The van der Waals surface area contributed by atoms with Crippen LogP contribution >= 0.6 is 0 Å². The van der Waals surface area contributed by atoms with Crippen molar-refractivity contribution in [1.82, 2.24) is 5.32 Å². The van der Waals surface area contributed by atoms with Crippen LogP contribution in [0.1, 0.15) is 141 Å². The largest absolute Gasteiger partial charge is 0.469 e. The van der Waals surface area contributed by atoms with Crippen LogP contribution in [0.25, 0.3) is 0 Å². The monoisotopic (exact) mass is 632 g/mol. The maximum Gasteiger partial charge on any atom is 0.305 e. The van der Waals surface area contributed by atoms with Gasteiger partial charge in [0.25, 0.3) is 0 Å². The molecule has 1 amide bonds. The van der Waals surface area contributed by atoms with E-state index in [0.717, 1.165) is 103 Å². The number of ether oxygens (including phenoxy) is 2. The summed E-state index contributed by atoms with van der Waals surface area (Å²) in [6.45, 7) is 3.92. The Hall–Kier alpha value is -2.08. The summed E-state index contributed by atoms with van der Waals surface area (Å²) in [4.78, 5) is 44.6. The molecule has 0 aliphatic rings. The lowest BCUT2D eigenvalue weighted by atomic mass is 10.0. The Bertz CT molecular complexity index is 598. The number of hydrogen-bond acceptors (Lipinski definition) is 10. The van der Waals surface area contributed by atoms with E-state index >= 15 is 0 Å². The third-order valence-corrected chi connectivity index (χ3v) is 6.85. The fourth-order valence-electron chi connectivity index (χ4n) is 4.05. The second kappa shape index (κ2) is 40.9. The molecule has 0 saturated carbocycles. The highest BCUT2D eigenvalue weighted by Crippen LogP contribution is 2.09. The molecule has 9 N–H and O–H groups in total. The molecule has 0 aromatic carbocycles. The van der Waals surface area contributed by atoms with Gasteiger partial charge < -0.3 is 37.7 Å². The number of carbonyl (C=O) groups is 4. The number of methoxy groups -OCH3 is 2. The summed E-state index contributed by atoms with van der Waals surface area (Å²) in [5.74, 6) is -0.0185. The zero-order valence-corrected chi connectivity index (χ0v) is 28.4. The smallest absolute Gasteiger partial charge is 0.305 e. The molecule has 0 heterocycles. The van der Waals surface area contributed by atoms with Crippen LogP contribution in [0.3, 0.4) is 0 Å². The highest BCUT2D eigenvalue weighted by molar-refractivity contribution is 5.78. The first kappa shape index (κ1) is 46.3. The second-order valence-corrected chi connectivity index (χ2v) is 11.0. The molecule has 44 heavy (non-hydrogen) atoms. The Kier molecular flexibility index (Phi) is 43.1. The number of carbonyl (C=O) groups excluding carboxylic acids is 4. The van der Waals surface area contributed by atoms with Gasteiger partial charge in [0.2, 0.25) is 5.91 Å². The lowest BCUT2D eigenvalue weighted by Gasteiger charge is -2.05. The lowest BCUT2D eigenvalue weighted by molar-refractivity contribution is -0.142. The third kappa shape index (κ3) is 44.4. The molecule has 0 aromatic rings. The van der Waals surface area contributed by atoms with Gasteiger partial charge in [0.05, 0.1) is 14.2 Å². The number of Topliss-reactive ketones (excluding diaryl/α,β-unsaturated/α-hetero) is 1. The predicted octanol–water partition coefficient (Wildman–Crippen LogP) is 4.41. The van der Waals surface area contributed by atoms with Crippen LogP contribution in [0.2, 0.25) is 0 Å². The zero-order valence-electron chi connectivity index (χ0n) is 28.4. The molecule has 0 radical (unpaired) electrons. The normalized spacial score (nSPS) is 10.1. The Morgan fingerprint density at radius 3 is 1.16 bits per heavy atom. The van der Waals surface area contributed by atoms with E-state index in [1.807, 2.05) is 0 Å². The molecular weight excluding hydrogens is 562 g/mol. The third-order valence-electron chi connectivity index (χ3n) is 6.85. The van der Waals surface area contributed by atoms with Gasteiger partial charge >= 0.3 is 11.9 Å². The van der Waals surface area contributed by atoms with Crippen molar-refractivity contribution in [3.05, 3.63) is 0 Å². The number of nitrogens with one attached hydrogen (secondary N) is 1. The number of hydrogen-bond donors (Lipinski definition) is 5. The molecule has 0 atom stereocenters. The van der Waals surface area contributed by atoms with Gasteiger partial charge in [-0.25, -0.2) is 0 Å². The average molecular weight is 632 g/mol. The van der Waals surface area contributed by atoms with Gasteiger partial charge in [-0.3, -0.25) is 19.2 Å². The number of rotatable bonds is 28. The number of ketones is 1. The summed E-state index contributed by atoms with van der Waals surface area (Å²) < 4.78 is 8.86. The maximum atomic E-state index is 11.7. The van der Waals surface area contributed by atoms with Crippen molar-refractivity contribution in [2.24, 2.45) is 22.9 Å². The summed E-state index contributed by atoms with van der Waals surface area (Å²) in [6, 6.07) is 0. The maximum absolute atomic E-state index is 11.7. The Morgan fingerprint density at radius 2 is 0.750 bits per heavy atom. The first-order chi connectivity index (χ1) is 21.3. The summed E-state index contributed by atoms with van der Waals surface area (Å²) in [7, 11) is 2.70. The van der Waals surface area contributed by atoms with Crippen molar-refractivity contribution in [2.45, 2.75) is 141 Å². The van der Waals surface area contributed by atoms with Gasteiger partial charge in [0, 0.05) is 38.6 Å². The molecular formula is C33H69N5O6. The molecule has 0 unspecified atom stereocenters. The van der Waals surface area contributed by atoms with Crippen molar-refractivity contribution >= 4 is 23.6 Å². The molecule has 262 valence electrons. The Morgan fingerprint density at radius 1 is 0.432 bits per heavy atom. The Labute approximate surface area is 268 Å². The lowest BCUT2D eigenvalue weighted by Crippen LogP contribution is -2.24. The van der Waals surface area contributed by atoms with Crippen molar-refractivity contribution in [2.75, 3.05) is 46.9 Å². The van der Waals surface area contributed by atoms with E-state index in [9.17, 15) is 19.2 Å². The van der Waals surface area contributed by atoms with Gasteiger partial charge in [0.1, 0.15) is 5.78 Å². The first-order valence-electron chi connectivity index (χ1n) is 17.0. The quantitative estimate of drug-likeness (QED) is 0.0608. The van der Waals surface area contributed by atoms with E-state index in [-0.39, 0.29) is 17.8 Å². The van der Waals surface area contributed by atoms with E-state index in [4.69, 9.17) is 22.9 Å². The molecule has 0 fully saturated rings. The number of amides is 1. The van der Waals surface area contributed by atoms with Crippen molar-refractivity contribution < 1.29 is 28.7 Å². The summed E-state index contributed by atoms with van der Waals surface area (Å²) >= 11 is 0. The fourth-order valence-corrected chi connectivity index (χ4v) is 4.05.